The van der Waals surface area contributed by atoms with E-state index in [1.807, 2.05) is 52.0 Å². The Hall–Kier alpha value is -3.41. The number of amides is 3. The van der Waals surface area contributed by atoms with Gasteiger partial charge in [-0.3, -0.25) is 0 Å². The highest BCUT2D eigenvalue weighted by molar-refractivity contribution is 6.30. The van der Waals surface area contributed by atoms with Crippen LogP contribution < -0.4 is 10.2 Å². The highest BCUT2D eigenvalue weighted by Gasteiger charge is 2.40. The van der Waals surface area contributed by atoms with E-state index < -0.39 is 35.1 Å². The SMILES string of the molecule is Cc1cc(C[C@@H]2CN(C(=O)OC(C)(C)C)C[C@@H]2OCCN[C@@H]2C[C@H]2c2cccc(Cl)c2)nc(N(C(=O)OC(C)(C)C)C(=O)OC(C)(C)C)c1. The predicted molar refractivity (Wildman–Crippen MR) is 189 cm³/mol. The zero-order valence-electron chi connectivity index (χ0n) is 30.6. The summed E-state index contributed by atoms with van der Waals surface area (Å²) >= 11 is 6.19. The van der Waals surface area contributed by atoms with Crippen LogP contribution in [0.25, 0.3) is 0 Å². The molecule has 0 spiro atoms. The van der Waals surface area contributed by atoms with Gasteiger partial charge in [-0.1, -0.05) is 23.7 Å². The van der Waals surface area contributed by atoms with Crippen molar-refractivity contribution < 1.29 is 33.3 Å². The number of carbonyl (C=O) groups is 3. The van der Waals surface area contributed by atoms with Crippen molar-refractivity contribution >= 4 is 35.7 Å². The number of pyridine rings is 1. The van der Waals surface area contributed by atoms with Crippen LogP contribution in [0.3, 0.4) is 0 Å². The van der Waals surface area contributed by atoms with Gasteiger partial charge in [0.2, 0.25) is 0 Å². The van der Waals surface area contributed by atoms with Gasteiger partial charge >= 0.3 is 18.3 Å². The number of carbonyl (C=O) groups excluding carboxylic acids is 3. The van der Waals surface area contributed by atoms with E-state index in [-0.39, 0.29) is 17.8 Å². The molecule has 1 saturated heterocycles. The lowest BCUT2D eigenvalue weighted by atomic mass is 9.98. The summed E-state index contributed by atoms with van der Waals surface area (Å²) in [6.45, 7) is 19.6. The molecule has 0 radical (unpaired) electrons. The first-order valence-corrected chi connectivity index (χ1v) is 17.4. The maximum atomic E-state index is 13.3. The third-order valence-corrected chi connectivity index (χ3v) is 8.04. The Kier molecular flexibility index (Phi) is 11.9. The predicted octanol–water partition coefficient (Wildman–Crippen LogP) is 7.66. The number of rotatable bonds is 9. The first-order valence-electron chi connectivity index (χ1n) is 17.0. The minimum absolute atomic E-state index is 0.0980. The van der Waals surface area contributed by atoms with Gasteiger partial charge in [0.05, 0.1) is 19.3 Å². The Morgan fingerprint density at radius 1 is 0.918 bits per heavy atom. The molecule has 2 aromatic rings. The quantitative estimate of drug-likeness (QED) is 0.208. The summed E-state index contributed by atoms with van der Waals surface area (Å²) in [5.41, 5.74) is 0.314. The van der Waals surface area contributed by atoms with Gasteiger partial charge in [-0.05, 0) is 117 Å². The van der Waals surface area contributed by atoms with E-state index in [1.165, 1.54) is 5.56 Å². The average Bonchev–Trinajstić information content (AvgIpc) is 3.59. The number of hydrogen-bond acceptors (Lipinski definition) is 9. The van der Waals surface area contributed by atoms with Gasteiger partial charge in [0, 0.05) is 41.7 Å². The number of nitrogens with one attached hydrogen (secondary N) is 1. The fourth-order valence-corrected chi connectivity index (χ4v) is 5.97. The van der Waals surface area contributed by atoms with Crippen LogP contribution >= 0.6 is 11.6 Å². The smallest absolute Gasteiger partial charge is 0.425 e. The highest BCUT2D eigenvalue weighted by Crippen LogP contribution is 2.41. The van der Waals surface area contributed by atoms with Crippen molar-refractivity contribution in [3.63, 3.8) is 0 Å². The zero-order valence-corrected chi connectivity index (χ0v) is 31.3. The van der Waals surface area contributed by atoms with Crippen LogP contribution in [0, 0.1) is 12.8 Å². The fourth-order valence-electron chi connectivity index (χ4n) is 5.77. The van der Waals surface area contributed by atoms with Crippen molar-refractivity contribution in [1.82, 2.24) is 15.2 Å². The monoisotopic (exact) mass is 700 g/mol. The van der Waals surface area contributed by atoms with Gasteiger partial charge in [0.15, 0.2) is 0 Å². The maximum absolute atomic E-state index is 13.3. The molecular formula is C37H53ClN4O7. The summed E-state index contributed by atoms with van der Waals surface area (Å²) in [5, 5.41) is 4.32. The van der Waals surface area contributed by atoms with Crippen molar-refractivity contribution in [2.24, 2.45) is 5.92 Å². The standard InChI is InChI=1S/C37H53ClN4O7/c1-23-16-27(40-31(17-23)42(33(44)48-36(5,6)7)34(45)49-37(8,9)10)19-25-21-41(32(43)47-35(2,3)4)22-30(25)46-15-14-39-29-20-28(29)24-12-11-13-26(38)18-24/h11-13,16-18,25,28-30,39H,14-15,19-22H2,1-10H3/t25-,28+,29-,30+/m1/s1. The molecule has 0 unspecified atom stereocenters. The summed E-state index contributed by atoms with van der Waals surface area (Å²) in [5.74, 6) is 0.412. The topological polar surface area (TPSA) is 120 Å². The Labute approximate surface area is 295 Å². The molecule has 1 saturated carbocycles. The number of benzene rings is 1. The second-order valence-electron chi connectivity index (χ2n) is 16.0. The molecule has 1 aliphatic heterocycles. The Morgan fingerprint density at radius 3 is 2.14 bits per heavy atom. The number of imide groups is 1. The molecule has 0 bridgehead atoms. The Morgan fingerprint density at radius 2 is 1.55 bits per heavy atom. The molecule has 12 heteroatoms. The van der Waals surface area contributed by atoms with Crippen LogP contribution in [0.4, 0.5) is 20.2 Å². The van der Waals surface area contributed by atoms with Gasteiger partial charge in [-0.25, -0.2) is 19.4 Å². The van der Waals surface area contributed by atoms with E-state index in [9.17, 15) is 14.4 Å². The molecule has 2 fully saturated rings. The number of anilines is 1. The van der Waals surface area contributed by atoms with Crippen LogP contribution in [0.2, 0.25) is 5.02 Å². The van der Waals surface area contributed by atoms with Crippen LogP contribution in [0.1, 0.15) is 91.5 Å². The lowest BCUT2D eigenvalue weighted by Gasteiger charge is -2.28. The summed E-state index contributed by atoms with van der Waals surface area (Å²) in [6.07, 6.45) is -0.973. The number of aryl methyl sites for hydroxylation is 1. The first kappa shape index (κ1) is 38.4. The number of hydrogen-bond donors (Lipinski definition) is 1. The lowest BCUT2D eigenvalue weighted by molar-refractivity contribution is 0.0185. The summed E-state index contributed by atoms with van der Waals surface area (Å²) in [7, 11) is 0. The molecular weight excluding hydrogens is 648 g/mol. The molecule has 1 aliphatic carbocycles. The van der Waals surface area contributed by atoms with Crippen LogP contribution in [0.5, 0.6) is 0 Å². The van der Waals surface area contributed by atoms with E-state index in [0.29, 0.717) is 50.3 Å². The number of aromatic nitrogens is 1. The molecule has 3 amide bonds. The van der Waals surface area contributed by atoms with Gasteiger partial charge < -0.3 is 29.2 Å². The highest BCUT2D eigenvalue weighted by atomic mass is 35.5. The Balaban J connectivity index is 1.49. The van der Waals surface area contributed by atoms with Gasteiger partial charge in [-0.15, -0.1) is 0 Å². The second-order valence-corrected chi connectivity index (χ2v) is 16.4. The maximum Gasteiger partial charge on any atom is 0.425 e. The number of halogens is 1. The number of likely N-dealkylation sites (tertiary alicyclic amines) is 1. The first-order chi connectivity index (χ1) is 22.7. The van der Waals surface area contributed by atoms with E-state index in [4.69, 9.17) is 35.5 Å². The summed E-state index contributed by atoms with van der Waals surface area (Å²) in [6, 6.07) is 11.9. The molecule has 4 rings (SSSR count). The van der Waals surface area contributed by atoms with Crippen molar-refractivity contribution in [2.45, 2.75) is 117 Å². The van der Waals surface area contributed by atoms with Crippen molar-refractivity contribution in [3.05, 3.63) is 58.2 Å². The van der Waals surface area contributed by atoms with Gasteiger partial charge in [0.1, 0.15) is 22.6 Å². The molecule has 1 N–H and O–H groups in total. The molecule has 49 heavy (non-hydrogen) atoms. The molecule has 4 atom stereocenters. The Bertz CT molecular complexity index is 1470. The molecule has 2 heterocycles. The minimum atomic E-state index is -0.884. The van der Waals surface area contributed by atoms with Crippen LogP contribution in [-0.2, 0) is 25.4 Å². The normalized spacial score (nSPS) is 20.9. The molecule has 2 aliphatic rings. The number of nitrogens with zero attached hydrogens (tertiary/aromatic N) is 3. The third kappa shape index (κ3) is 11.9. The summed E-state index contributed by atoms with van der Waals surface area (Å²) in [4.78, 5) is 47.0. The number of ether oxygens (including phenoxy) is 4. The third-order valence-electron chi connectivity index (χ3n) is 7.80. The van der Waals surface area contributed by atoms with Crippen LogP contribution in [-0.4, -0.2) is 83.4 Å². The summed E-state index contributed by atoms with van der Waals surface area (Å²) < 4.78 is 23.2. The average molecular weight is 701 g/mol. The van der Waals surface area contributed by atoms with E-state index in [0.717, 1.165) is 21.9 Å². The largest absolute Gasteiger partial charge is 0.444 e. The van der Waals surface area contributed by atoms with Crippen molar-refractivity contribution in [2.75, 3.05) is 31.1 Å². The molecule has 270 valence electrons. The molecule has 11 nitrogen and oxygen atoms in total. The van der Waals surface area contributed by atoms with Crippen molar-refractivity contribution in [1.29, 1.82) is 0 Å². The minimum Gasteiger partial charge on any atom is -0.444 e. The van der Waals surface area contributed by atoms with Crippen LogP contribution in [0.15, 0.2) is 36.4 Å². The fraction of sp³-hybridized carbons (Fsp3) is 0.622. The van der Waals surface area contributed by atoms with E-state index in [2.05, 4.69) is 11.4 Å². The molecule has 1 aromatic carbocycles. The van der Waals surface area contributed by atoms with Gasteiger partial charge in [-0.2, -0.15) is 4.90 Å². The second kappa shape index (κ2) is 15.2. The van der Waals surface area contributed by atoms with E-state index >= 15 is 0 Å². The van der Waals surface area contributed by atoms with Gasteiger partial charge in [0.25, 0.3) is 0 Å². The van der Waals surface area contributed by atoms with E-state index in [1.54, 1.807) is 52.5 Å². The molecule has 1 aromatic heterocycles. The van der Waals surface area contributed by atoms with Crippen molar-refractivity contribution in [3.8, 4) is 0 Å². The lowest BCUT2D eigenvalue weighted by Crippen LogP contribution is -2.44. The zero-order chi connectivity index (χ0) is 36.3.